The topological polar surface area (TPSA) is 92.1 Å². The number of nitrogens with one attached hydrogen (secondary N) is 3. The van der Waals surface area contributed by atoms with Crippen LogP contribution in [0.25, 0.3) is 5.32 Å². The summed E-state index contributed by atoms with van der Waals surface area (Å²) in [6, 6.07) is 10.1. The van der Waals surface area contributed by atoms with Crippen LogP contribution in [0.15, 0.2) is 47.5 Å². The van der Waals surface area contributed by atoms with Gasteiger partial charge in [-0.25, -0.2) is 8.78 Å². The van der Waals surface area contributed by atoms with Crippen molar-refractivity contribution in [1.82, 2.24) is 4.98 Å². The first kappa shape index (κ1) is 27.6. The van der Waals surface area contributed by atoms with E-state index in [2.05, 4.69) is 21.9 Å². The van der Waals surface area contributed by atoms with Crippen LogP contribution >= 0.6 is 11.9 Å². The maximum absolute atomic E-state index is 15.2. The number of benzene rings is 2. The van der Waals surface area contributed by atoms with Crippen molar-refractivity contribution in [2.75, 3.05) is 18.9 Å². The molecule has 168 valence electrons. The number of methoxy groups -OCH3 is 1. The molecule has 0 atom stereocenters. The number of aromatic nitrogens is 1. The quantitative estimate of drug-likeness (QED) is 0.139. The Labute approximate surface area is 238 Å². The van der Waals surface area contributed by atoms with Crippen molar-refractivity contribution < 1.29 is 69.7 Å². The average molecular weight is 497 g/mol. The van der Waals surface area contributed by atoms with Crippen LogP contribution in [0.2, 0.25) is 0 Å². The minimum absolute atomic E-state index is 0. The molecule has 10 heteroatoms. The molecule has 33 heavy (non-hydrogen) atoms. The summed E-state index contributed by atoms with van der Waals surface area (Å²) in [5.41, 5.74) is 0.391. The number of nitrogens with zero attached hydrogens (tertiary/aromatic N) is 1. The monoisotopic (exact) mass is 496 g/mol. The van der Waals surface area contributed by atoms with Gasteiger partial charge in [0.15, 0.2) is 11.6 Å². The Balaban J connectivity index is 0.00000385. The van der Waals surface area contributed by atoms with E-state index in [-0.39, 0.29) is 79.9 Å². The molecule has 0 unspecified atom stereocenters. The molecular formula is C23H23F2KN4O2S. The van der Waals surface area contributed by atoms with Crippen molar-refractivity contribution in [3.8, 4) is 0 Å². The molecule has 0 radical (unpaired) electrons. The largest absolute Gasteiger partial charge is 1.00 e. The maximum Gasteiger partial charge on any atom is 1.00 e. The molecule has 1 heterocycles. The number of carbonyl (C=O) groups excluding carboxylic acids is 1. The number of anilines is 1. The summed E-state index contributed by atoms with van der Waals surface area (Å²) in [5.74, 6) is -3.07. The van der Waals surface area contributed by atoms with Gasteiger partial charge in [-0.05, 0) is 48.2 Å². The number of aryl methyl sites for hydroxylation is 1. The zero-order valence-electron chi connectivity index (χ0n) is 18.9. The average Bonchev–Trinajstić information content (AvgIpc) is 3.23. The van der Waals surface area contributed by atoms with E-state index < -0.39 is 23.0 Å². The Hall–Kier alpha value is -1.69. The Morgan fingerprint density at radius 2 is 1.88 bits per heavy atom. The third kappa shape index (κ3) is 6.26. The molecule has 2 aromatic carbocycles. The molecule has 0 aliphatic carbocycles. The minimum atomic E-state index is -1.02. The van der Waals surface area contributed by atoms with Gasteiger partial charge in [0, 0.05) is 16.0 Å². The van der Waals surface area contributed by atoms with Gasteiger partial charge in [-0.2, -0.15) is 0 Å². The van der Waals surface area contributed by atoms with Gasteiger partial charge in [-0.1, -0.05) is 44.5 Å². The van der Waals surface area contributed by atoms with Gasteiger partial charge in [0.25, 0.3) is 0 Å². The zero-order chi connectivity index (χ0) is 23.3. The van der Waals surface area contributed by atoms with Gasteiger partial charge in [0.2, 0.25) is 5.90 Å². The number of ketones is 1. The summed E-state index contributed by atoms with van der Waals surface area (Å²) in [5, 5.41) is 11.9. The van der Waals surface area contributed by atoms with E-state index in [1.807, 2.05) is 24.3 Å². The molecule has 3 aromatic rings. The van der Waals surface area contributed by atoms with Crippen molar-refractivity contribution in [2.45, 2.75) is 24.7 Å². The molecule has 3 N–H and O–H groups in total. The first-order chi connectivity index (χ1) is 15.4. The smallest absolute Gasteiger partial charge is 0.481 e. The van der Waals surface area contributed by atoms with E-state index in [4.69, 9.17) is 10.1 Å². The van der Waals surface area contributed by atoms with Crippen LogP contribution in [-0.2, 0) is 11.2 Å². The first-order valence-electron chi connectivity index (χ1n) is 9.89. The van der Waals surface area contributed by atoms with Crippen LogP contribution in [0.3, 0.4) is 0 Å². The van der Waals surface area contributed by atoms with E-state index in [1.54, 1.807) is 0 Å². The van der Waals surface area contributed by atoms with Crippen molar-refractivity contribution in [3.63, 3.8) is 0 Å². The normalized spacial score (nSPS) is 10.3. The molecule has 0 amide bonds. The molecule has 0 spiro atoms. The molecular weight excluding hydrogens is 473 g/mol. The minimum Gasteiger partial charge on any atom is -0.481 e. The van der Waals surface area contributed by atoms with Crippen molar-refractivity contribution >= 4 is 35.1 Å². The molecule has 0 saturated heterocycles. The molecule has 1 aromatic heterocycles. The van der Waals surface area contributed by atoms with Gasteiger partial charge < -0.3 is 19.8 Å². The fourth-order valence-electron chi connectivity index (χ4n) is 3.20. The fourth-order valence-corrected chi connectivity index (χ4v) is 3.86. The van der Waals surface area contributed by atoms with E-state index in [0.717, 1.165) is 35.8 Å². The van der Waals surface area contributed by atoms with Crippen LogP contribution in [0.4, 0.5) is 20.3 Å². The van der Waals surface area contributed by atoms with Crippen LogP contribution < -0.4 is 56.1 Å². The van der Waals surface area contributed by atoms with Gasteiger partial charge in [-0.15, -0.1) is 0 Å². The zero-order valence-corrected chi connectivity index (χ0v) is 22.8. The summed E-state index contributed by atoms with van der Waals surface area (Å²) >= 11 is 1.16. The SMILES string of the molecule is CCCc1ccc(SNc2ccc(F)c(C(=O)c3c[nH]c([N-]C)c3C(=N)OC)c2F)cc1.[K+]. The number of rotatable bonds is 9. The second-order valence-electron chi connectivity index (χ2n) is 6.89. The van der Waals surface area contributed by atoms with Gasteiger partial charge in [-0.3, -0.25) is 10.2 Å². The van der Waals surface area contributed by atoms with E-state index >= 15 is 4.39 Å². The number of hydrogen-bond donors (Lipinski definition) is 3. The summed E-state index contributed by atoms with van der Waals surface area (Å²) in [6.07, 6.45) is 3.28. The van der Waals surface area contributed by atoms with Crippen LogP contribution in [0, 0.1) is 17.0 Å². The summed E-state index contributed by atoms with van der Waals surface area (Å²) in [4.78, 5) is 16.6. The fraction of sp³-hybridized carbons (Fsp3) is 0.217. The van der Waals surface area contributed by atoms with E-state index in [1.165, 1.54) is 32.0 Å². The summed E-state index contributed by atoms with van der Waals surface area (Å²) in [7, 11) is 2.73. The van der Waals surface area contributed by atoms with Crippen molar-refractivity contribution in [3.05, 3.63) is 81.8 Å². The number of H-pyrrole nitrogens is 1. The number of aromatic amines is 1. The number of ether oxygens (including phenoxy) is 1. The van der Waals surface area contributed by atoms with Crippen LogP contribution in [-0.4, -0.2) is 30.8 Å². The molecule has 6 nitrogen and oxygen atoms in total. The second-order valence-corrected chi connectivity index (χ2v) is 7.77. The molecule has 0 saturated carbocycles. The van der Waals surface area contributed by atoms with Crippen LogP contribution in [0.5, 0.6) is 0 Å². The third-order valence-electron chi connectivity index (χ3n) is 4.82. The predicted octanol–water partition coefficient (Wildman–Crippen LogP) is 3.21. The van der Waals surface area contributed by atoms with Gasteiger partial charge >= 0.3 is 51.4 Å². The standard InChI is InChI=1S/C23H24F2N4O2S.K/c1-4-5-13-6-8-14(9-7-13)32-29-17-11-10-16(24)19(20(17)25)21(30)15-12-28-23(27-2)18(15)22(26)31-3;/h6-12,29H,4-5H2,1-3H3,(H3,26,27,28,30);/q;+1/p-1. The molecule has 3 rings (SSSR count). The number of hydrogen-bond acceptors (Lipinski definition) is 5. The van der Waals surface area contributed by atoms with Crippen molar-refractivity contribution in [2.24, 2.45) is 0 Å². The number of halogens is 2. The Morgan fingerprint density at radius 1 is 1.18 bits per heavy atom. The third-order valence-corrected chi connectivity index (χ3v) is 5.65. The first-order valence-corrected chi connectivity index (χ1v) is 10.7. The number of carbonyl (C=O) groups is 1. The second kappa shape index (κ2) is 12.7. The van der Waals surface area contributed by atoms with Crippen molar-refractivity contribution in [1.29, 1.82) is 5.41 Å². The van der Waals surface area contributed by atoms with Gasteiger partial charge in [0.1, 0.15) is 5.82 Å². The summed E-state index contributed by atoms with van der Waals surface area (Å²) in [6.45, 7) is 2.10. The summed E-state index contributed by atoms with van der Waals surface area (Å²) < 4.78 is 37.5. The molecule has 0 bridgehead atoms. The van der Waals surface area contributed by atoms with Crippen LogP contribution in [0.1, 0.15) is 40.4 Å². The Kier molecular flexibility index (Phi) is 10.6. The van der Waals surface area contributed by atoms with E-state index in [0.29, 0.717) is 0 Å². The predicted molar refractivity (Wildman–Crippen MR) is 123 cm³/mol. The van der Waals surface area contributed by atoms with E-state index in [9.17, 15) is 9.18 Å². The Bertz CT molecular complexity index is 1140. The Morgan fingerprint density at radius 3 is 2.48 bits per heavy atom. The molecule has 0 aliphatic heterocycles. The molecule has 0 fully saturated rings. The molecule has 0 aliphatic rings. The maximum atomic E-state index is 15.2. The van der Waals surface area contributed by atoms with Gasteiger partial charge in [0.05, 0.1) is 18.4 Å².